The first-order valence-electron chi connectivity index (χ1n) is 21.2. The van der Waals surface area contributed by atoms with Crippen LogP contribution in [0.1, 0.15) is 153 Å². The smallest absolute Gasteiger partial charge is 0.0536 e. The van der Waals surface area contributed by atoms with E-state index < -0.39 is 0 Å². The Morgan fingerprint density at radius 3 is 0.926 bits per heavy atom. The summed E-state index contributed by atoms with van der Waals surface area (Å²) in [6.07, 6.45) is 25.9. The van der Waals surface area contributed by atoms with Gasteiger partial charge in [0.15, 0.2) is 0 Å². The van der Waals surface area contributed by atoms with Crippen molar-refractivity contribution < 1.29 is 0 Å². The number of hydrogen-bond acceptors (Lipinski definition) is 6. The topological polar surface area (TPSA) is 0 Å². The van der Waals surface area contributed by atoms with E-state index in [1.54, 1.807) is 0 Å². The maximum absolute atomic E-state index is 2.55. The van der Waals surface area contributed by atoms with Gasteiger partial charge >= 0.3 is 0 Å². The average molecular weight is 831 g/mol. The fourth-order valence-corrected chi connectivity index (χ4v) is 14.0. The van der Waals surface area contributed by atoms with Gasteiger partial charge in [-0.1, -0.05) is 105 Å². The molecule has 0 aliphatic rings. The first kappa shape index (κ1) is 41.8. The summed E-state index contributed by atoms with van der Waals surface area (Å²) in [6, 6.07) is 15.2. The SMILES string of the molecule is CCCCCCc1csc(-c2cc(-c3cc(-c4cc(CCCCCC)cs4)c(-c4cc(CCCCCC)cs4)s3)sc2-c2cc(CCCCCC)cs2)c1. The number of thiophene rings is 6. The molecule has 54 heavy (non-hydrogen) atoms. The van der Waals surface area contributed by atoms with Crippen molar-refractivity contribution in [3.63, 3.8) is 0 Å². The van der Waals surface area contributed by atoms with E-state index in [2.05, 4.69) is 85.6 Å². The minimum absolute atomic E-state index is 1.20. The molecule has 0 amide bonds. The highest BCUT2D eigenvalue weighted by Gasteiger charge is 2.22. The Morgan fingerprint density at radius 1 is 0.315 bits per heavy atom. The number of aryl methyl sites for hydroxylation is 4. The van der Waals surface area contributed by atoms with Gasteiger partial charge in [0.2, 0.25) is 0 Å². The highest BCUT2D eigenvalue weighted by molar-refractivity contribution is 7.29. The molecule has 6 heterocycles. The lowest BCUT2D eigenvalue weighted by atomic mass is 10.1. The molecule has 0 nitrogen and oxygen atoms in total. The first-order valence-corrected chi connectivity index (χ1v) is 26.3. The molecule has 0 radical (unpaired) electrons. The zero-order valence-electron chi connectivity index (χ0n) is 33.4. The van der Waals surface area contributed by atoms with Crippen LogP contribution in [0.5, 0.6) is 0 Å². The summed E-state index contributed by atoms with van der Waals surface area (Å²) in [5.74, 6) is 0. The molecule has 0 atom stereocenters. The van der Waals surface area contributed by atoms with Gasteiger partial charge in [0.25, 0.3) is 0 Å². The maximum Gasteiger partial charge on any atom is 0.0536 e. The highest BCUT2D eigenvalue weighted by Crippen LogP contribution is 2.52. The molecule has 0 fully saturated rings. The maximum atomic E-state index is 2.55. The van der Waals surface area contributed by atoms with E-state index >= 15 is 0 Å². The van der Waals surface area contributed by atoms with Crippen molar-refractivity contribution in [1.82, 2.24) is 0 Å². The van der Waals surface area contributed by atoms with Crippen LogP contribution in [0.15, 0.2) is 57.9 Å². The second-order valence-electron chi connectivity index (χ2n) is 15.2. The predicted molar refractivity (Wildman–Crippen MR) is 252 cm³/mol. The second kappa shape index (κ2) is 22.2. The summed E-state index contributed by atoms with van der Waals surface area (Å²) in [5.41, 5.74) is 8.93. The van der Waals surface area contributed by atoms with Crippen LogP contribution in [0, 0.1) is 0 Å². The van der Waals surface area contributed by atoms with Crippen LogP contribution in [-0.4, -0.2) is 0 Å². The van der Waals surface area contributed by atoms with Gasteiger partial charge in [0.1, 0.15) is 0 Å². The van der Waals surface area contributed by atoms with Crippen LogP contribution < -0.4 is 0 Å². The first-order chi connectivity index (χ1) is 26.6. The van der Waals surface area contributed by atoms with Crippen LogP contribution in [0.4, 0.5) is 0 Å². The Morgan fingerprint density at radius 2 is 0.611 bits per heavy atom. The van der Waals surface area contributed by atoms with Gasteiger partial charge in [-0.15, -0.1) is 68.0 Å². The molecule has 6 aromatic rings. The Hall–Kier alpha value is -1.80. The Kier molecular flexibility index (Phi) is 17.2. The van der Waals surface area contributed by atoms with E-state index in [9.17, 15) is 0 Å². The Labute approximate surface area is 351 Å². The molecule has 0 N–H and O–H groups in total. The largest absolute Gasteiger partial charge is 0.143 e. The van der Waals surface area contributed by atoms with E-state index in [0.29, 0.717) is 0 Å². The lowest BCUT2D eigenvalue weighted by Crippen LogP contribution is -1.82. The lowest BCUT2D eigenvalue weighted by Gasteiger charge is -2.00. The van der Waals surface area contributed by atoms with Crippen molar-refractivity contribution in [3.05, 3.63) is 80.2 Å². The van der Waals surface area contributed by atoms with Gasteiger partial charge in [0.05, 0.1) is 9.75 Å². The third-order valence-corrected chi connectivity index (χ3v) is 17.4. The molecule has 0 aliphatic heterocycles. The number of hydrogen-bond donors (Lipinski definition) is 0. The normalized spacial score (nSPS) is 11.7. The molecule has 0 aromatic carbocycles. The predicted octanol–water partition coefficient (Wildman–Crippen LogP) is 18.9. The molecule has 0 spiro atoms. The average Bonchev–Trinajstić information content (AvgIpc) is 4.03. The summed E-state index contributed by atoms with van der Waals surface area (Å²) in [6.45, 7) is 9.22. The second-order valence-corrected chi connectivity index (χ2v) is 21.0. The van der Waals surface area contributed by atoms with Gasteiger partial charge in [-0.2, -0.15) is 0 Å². The molecule has 0 saturated heterocycles. The molecule has 6 aromatic heterocycles. The van der Waals surface area contributed by atoms with Crippen LogP contribution in [0.2, 0.25) is 0 Å². The van der Waals surface area contributed by atoms with Crippen molar-refractivity contribution in [2.75, 3.05) is 0 Å². The molecule has 6 heteroatoms. The van der Waals surface area contributed by atoms with Crippen molar-refractivity contribution in [1.29, 1.82) is 0 Å². The van der Waals surface area contributed by atoms with Gasteiger partial charge in [-0.25, -0.2) is 0 Å². The molecular formula is C48H62S6. The van der Waals surface area contributed by atoms with Crippen molar-refractivity contribution in [3.8, 4) is 50.1 Å². The zero-order chi connectivity index (χ0) is 37.5. The van der Waals surface area contributed by atoms with E-state index in [1.807, 2.05) is 68.0 Å². The highest BCUT2D eigenvalue weighted by atomic mass is 32.1. The summed E-state index contributed by atoms with van der Waals surface area (Å²) in [5, 5.41) is 9.74. The van der Waals surface area contributed by atoms with Crippen LogP contribution in [0.25, 0.3) is 50.1 Å². The standard InChI is InChI=1S/C48H62S6/c1-5-9-13-17-21-35-25-41(49-31-35)39-29-43(53-47(39)45-27-37(33-51-45)23-19-15-11-7-3)44-30-40(42-26-36(32-50-42)22-18-14-10-6-2)48(54-44)46-28-38(34-52-46)24-20-16-12-8-4/h25-34H,5-24H2,1-4H3. The van der Waals surface area contributed by atoms with Crippen LogP contribution in [-0.2, 0) is 25.7 Å². The van der Waals surface area contributed by atoms with E-state index in [4.69, 9.17) is 0 Å². The van der Waals surface area contributed by atoms with Gasteiger partial charge in [-0.05, 0) is 132 Å². The molecule has 6 rings (SSSR count). The molecule has 0 unspecified atom stereocenters. The Bertz CT molecular complexity index is 1670. The van der Waals surface area contributed by atoms with Crippen LogP contribution in [0.3, 0.4) is 0 Å². The fourth-order valence-electron chi connectivity index (χ4n) is 7.33. The van der Waals surface area contributed by atoms with E-state index in [1.165, 1.54) is 201 Å². The van der Waals surface area contributed by atoms with Gasteiger partial charge in [0, 0.05) is 40.4 Å². The van der Waals surface area contributed by atoms with Crippen molar-refractivity contribution in [2.24, 2.45) is 0 Å². The number of rotatable bonds is 25. The van der Waals surface area contributed by atoms with E-state index in [-0.39, 0.29) is 0 Å². The molecule has 0 aliphatic carbocycles. The van der Waals surface area contributed by atoms with Gasteiger partial charge < -0.3 is 0 Å². The monoisotopic (exact) mass is 830 g/mol. The van der Waals surface area contributed by atoms with Gasteiger partial charge in [-0.3, -0.25) is 0 Å². The minimum atomic E-state index is 1.20. The molecule has 0 saturated carbocycles. The quantitative estimate of drug-likeness (QED) is 0.0504. The number of unbranched alkanes of at least 4 members (excludes halogenated alkanes) is 12. The fraction of sp³-hybridized carbons (Fsp3) is 0.500. The molecule has 0 bridgehead atoms. The third kappa shape index (κ3) is 11.6. The molecular weight excluding hydrogens is 769 g/mol. The summed E-state index contributed by atoms with van der Waals surface area (Å²) in [4.78, 5) is 11.5. The molecule has 290 valence electrons. The lowest BCUT2D eigenvalue weighted by molar-refractivity contribution is 0.667. The van der Waals surface area contributed by atoms with Crippen molar-refractivity contribution >= 4 is 68.0 Å². The minimum Gasteiger partial charge on any atom is -0.143 e. The summed E-state index contributed by atoms with van der Waals surface area (Å²) >= 11 is 11.9. The van der Waals surface area contributed by atoms with Crippen LogP contribution >= 0.6 is 68.0 Å². The van der Waals surface area contributed by atoms with E-state index in [0.717, 1.165) is 0 Å². The zero-order valence-corrected chi connectivity index (χ0v) is 38.3. The summed E-state index contributed by atoms with van der Waals surface area (Å²) < 4.78 is 0. The summed E-state index contributed by atoms with van der Waals surface area (Å²) in [7, 11) is 0. The third-order valence-electron chi connectivity index (χ3n) is 10.6. The van der Waals surface area contributed by atoms with Crippen molar-refractivity contribution in [2.45, 2.75) is 156 Å². The Balaban J connectivity index is 1.35.